The molecule has 1 aliphatic heterocycles. The van der Waals surface area contributed by atoms with E-state index in [9.17, 15) is 18.8 Å². The molecule has 2 aromatic rings. The van der Waals surface area contributed by atoms with E-state index in [1.54, 1.807) is 18.2 Å². The smallest absolute Gasteiger partial charge is 0.253 e. The second-order valence-electron chi connectivity index (χ2n) is 10.8. The van der Waals surface area contributed by atoms with Gasteiger partial charge in [0, 0.05) is 55.9 Å². The first-order valence-corrected chi connectivity index (χ1v) is 14.0. The zero-order chi connectivity index (χ0) is 26.5. The zero-order valence-corrected chi connectivity index (χ0v) is 21.9. The molecule has 202 valence electrons. The van der Waals surface area contributed by atoms with Crippen LogP contribution in [0.3, 0.4) is 0 Å². The van der Waals surface area contributed by atoms with Gasteiger partial charge in [-0.3, -0.25) is 14.4 Å². The van der Waals surface area contributed by atoms with Gasteiger partial charge in [0.25, 0.3) is 5.91 Å². The average molecular weight is 521 g/mol. The van der Waals surface area contributed by atoms with Crippen molar-refractivity contribution in [1.29, 1.82) is 0 Å². The lowest BCUT2D eigenvalue weighted by Crippen LogP contribution is -2.38. The molecule has 3 aliphatic rings. The van der Waals surface area contributed by atoms with Crippen LogP contribution >= 0.6 is 0 Å². The standard InChI is InChI=1S/C30H37FN4O3/c31-24-11-9-21(10-12-24)20-32-29(37)26-19-25(33-28(36)22-7-3-8-22)13-14-27(26)34-15-4-16-35(18-17-34)30(38)23-5-1-2-6-23/h9-14,19,22-23H,1-8,15-18,20H2,(H,32,37)(H,33,36). The average Bonchev–Trinajstić information content (AvgIpc) is 3.32. The van der Waals surface area contributed by atoms with Crippen LogP contribution in [-0.4, -0.2) is 48.8 Å². The molecule has 2 N–H and O–H groups in total. The lowest BCUT2D eigenvalue weighted by molar-refractivity contribution is -0.135. The van der Waals surface area contributed by atoms with Gasteiger partial charge in [-0.15, -0.1) is 0 Å². The van der Waals surface area contributed by atoms with Crippen molar-refractivity contribution in [2.75, 3.05) is 36.4 Å². The highest BCUT2D eigenvalue weighted by Crippen LogP contribution is 2.31. The highest BCUT2D eigenvalue weighted by atomic mass is 19.1. The first kappa shape index (κ1) is 26.2. The highest BCUT2D eigenvalue weighted by molar-refractivity contribution is 6.02. The Bertz CT molecular complexity index is 1160. The first-order valence-electron chi connectivity index (χ1n) is 14.0. The Balaban J connectivity index is 1.32. The monoisotopic (exact) mass is 520 g/mol. The van der Waals surface area contributed by atoms with Gasteiger partial charge in [0.05, 0.1) is 5.56 Å². The number of nitrogens with one attached hydrogen (secondary N) is 2. The number of amides is 3. The van der Waals surface area contributed by atoms with Crippen LogP contribution < -0.4 is 15.5 Å². The maximum atomic E-state index is 13.4. The minimum atomic E-state index is -0.320. The van der Waals surface area contributed by atoms with Gasteiger partial charge in [0.1, 0.15) is 5.82 Å². The Hall–Kier alpha value is -3.42. The van der Waals surface area contributed by atoms with Crippen molar-refractivity contribution in [2.45, 2.75) is 57.9 Å². The van der Waals surface area contributed by atoms with E-state index >= 15 is 0 Å². The molecule has 5 rings (SSSR count). The van der Waals surface area contributed by atoms with Crippen molar-refractivity contribution in [3.63, 3.8) is 0 Å². The molecule has 0 unspecified atom stereocenters. The molecule has 2 saturated carbocycles. The van der Waals surface area contributed by atoms with E-state index < -0.39 is 0 Å². The van der Waals surface area contributed by atoms with Crippen molar-refractivity contribution in [3.8, 4) is 0 Å². The summed E-state index contributed by atoms with van der Waals surface area (Å²) in [5.74, 6) is -0.105. The predicted molar refractivity (Wildman–Crippen MR) is 145 cm³/mol. The Morgan fingerprint density at radius 1 is 0.816 bits per heavy atom. The van der Waals surface area contributed by atoms with E-state index in [1.807, 2.05) is 17.0 Å². The van der Waals surface area contributed by atoms with E-state index in [-0.39, 0.29) is 41.9 Å². The van der Waals surface area contributed by atoms with Crippen molar-refractivity contribution in [3.05, 3.63) is 59.4 Å². The van der Waals surface area contributed by atoms with E-state index in [0.717, 1.165) is 75.7 Å². The molecular formula is C30H37FN4O3. The number of anilines is 2. The van der Waals surface area contributed by atoms with Crippen molar-refractivity contribution >= 4 is 29.1 Å². The summed E-state index contributed by atoms with van der Waals surface area (Å²) < 4.78 is 13.3. The number of nitrogens with zero attached hydrogens (tertiary/aromatic N) is 2. The molecular weight excluding hydrogens is 483 g/mol. The molecule has 1 heterocycles. The summed E-state index contributed by atoms with van der Waals surface area (Å²) in [5.41, 5.74) is 2.67. The summed E-state index contributed by atoms with van der Waals surface area (Å²) in [4.78, 5) is 43.2. The fourth-order valence-electron chi connectivity index (χ4n) is 5.68. The number of carbonyl (C=O) groups is 3. The summed E-state index contributed by atoms with van der Waals surface area (Å²) in [5, 5.41) is 5.94. The summed E-state index contributed by atoms with van der Waals surface area (Å²) in [6, 6.07) is 11.6. The largest absolute Gasteiger partial charge is 0.369 e. The molecule has 0 spiro atoms. The van der Waals surface area contributed by atoms with Crippen LogP contribution in [0.15, 0.2) is 42.5 Å². The van der Waals surface area contributed by atoms with Crippen molar-refractivity contribution in [2.24, 2.45) is 11.8 Å². The van der Waals surface area contributed by atoms with Crippen molar-refractivity contribution < 1.29 is 18.8 Å². The van der Waals surface area contributed by atoms with Gasteiger partial charge in [-0.05, 0) is 68.0 Å². The van der Waals surface area contributed by atoms with Gasteiger partial charge in [-0.2, -0.15) is 0 Å². The molecule has 0 radical (unpaired) electrons. The van der Waals surface area contributed by atoms with Gasteiger partial charge in [-0.1, -0.05) is 31.4 Å². The third kappa shape index (κ3) is 6.17. The van der Waals surface area contributed by atoms with Gasteiger partial charge < -0.3 is 20.4 Å². The summed E-state index contributed by atoms with van der Waals surface area (Å²) in [7, 11) is 0. The summed E-state index contributed by atoms with van der Waals surface area (Å²) >= 11 is 0. The van der Waals surface area contributed by atoms with Crippen LogP contribution in [0.2, 0.25) is 0 Å². The normalized spacial score (nSPS) is 18.6. The van der Waals surface area contributed by atoms with Crippen LogP contribution in [0.5, 0.6) is 0 Å². The van der Waals surface area contributed by atoms with Gasteiger partial charge in [0.15, 0.2) is 0 Å². The molecule has 0 atom stereocenters. The van der Waals surface area contributed by atoms with Crippen LogP contribution in [0, 0.1) is 17.7 Å². The molecule has 38 heavy (non-hydrogen) atoms. The fraction of sp³-hybridized carbons (Fsp3) is 0.500. The number of carbonyl (C=O) groups excluding carboxylic acids is 3. The lowest BCUT2D eigenvalue weighted by Gasteiger charge is -2.27. The van der Waals surface area contributed by atoms with E-state index in [0.29, 0.717) is 24.3 Å². The van der Waals surface area contributed by atoms with E-state index in [2.05, 4.69) is 15.5 Å². The molecule has 0 bridgehead atoms. The van der Waals surface area contributed by atoms with Crippen LogP contribution in [-0.2, 0) is 16.1 Å². The van der Waals surface area contributed by atoms with Crippen LogP contribution in [0.25, 0.3) is 0 Å². The summed E-state index contributed by atoms with van der Waals surface area (Å²) in [6.07, 6.45) is 7.96. The maximum Gasteiger partial charge on any atom is 0.253 e. The van der Waals surface area contributed by atoms with Gasteiger partial charge in [-0.25, -0.2) is 4.39 Å². The van der Waals surface area contributed by atoms with Gasteiger partial charge >= 0.3 is 0 Å². The number of hydrogen-bond acceptors (Lipinski definition) is 4. The highest BCUT2D eigenvalue weighted by Gasteiger charge is 2.30. The quantitative estimate of drug-likeness (QED) is 0.554. The third-order valence-electron chi connectivity index (χ3n) is 8.20. The van der Waals surface area contributed by atoms with Crippen LogP contribution in [0.1, 0.15) is 67.3 Å². The van der Waals surface area contributed by atoms with Crippen LogP contribution in [0.4, 0.5) is 15.8 Å². The minimum absolute atomic E-state index is 0.00231. The molecule has 2 aromatic carbocycles. The first-order chi connectivity index (χ1) is 18.5. The second kappa shape index (κ2) is 12.0. The SMILES string of the molecule is O=C(NCc1ccc(F)cc1)c1cc(NC(=O)C2CCC2)ccc1N1CCCN(C(=O)C2CCCC2)CC1. The fourth-order valence-corrected chi connectivity index (χ4v) is 5.68. The predicted octanol–water partition coefficient (Wildman–Crippen LogP) is 4.72. The maximum absolute atomic E-state index is 13.4. The molecule has 1 saturated heterocycles. The third-order valence-corrected chi connectivity index (χ3v) is 8.20. The Morgan fingerprint density at radius 3 is 2.26 bits per heavy atom. The topological polar surface area (TPSA) is 81.8 Å². The van der Waals surface area contributed by atoms with E-state index in [1.165, 1.54) is 12.1 Å². The molecule has 2 aliphatic carbocycles. The van der Waals surface area contributed by atoms with Gasteiger partial charge in [0.2, 0.25) is 11.8 Å². The Kier molecular flexibility index (Phi) is 8.25. The second-order valence-corrected chi connectivity index (χ2v) is 10.8. The Morgan fingerprint density at radius 2 is 1.55 bits per heavy atom. The molecule has 8 heteroatoms. The molecule has 7 nitrogen and oxygen atoms in total. The molecule has 0 aromatic heterocycles. The number of benzene rings is 2. The number of halogens is 1. The van der Waals surface area contributed by atoms with E-state index in [4.69, 9.17) is 0 Å². The molecule has 3 amide bonds. The minimum Gasteiger partial charge on any atom is -0.369 e. The molecule has 3 fully saturated rings. The number of hydrogen-bond donors (Lipinski definition) is 2. The lowest BCUT2D eigenvalue weighted by atomic mass is 9.85. The Labute approximate surface area is 223 Å². The summed E-state index contributed by atoms with van der Waals surface area (Å²) in [6.45, 7) is 3.01. The van der Waals surface area contributed by atoms with Crippen molar-refractivity contribution in [1.82, 2.24) is 10.2 Å². The number of rotatable bonds is 7. The zero-order valence-electron chi connectivity index (χ0n) is 21.9.